The Balaban J connectivity index is 1.66. The maximum absolute atomic E-state index is 5.95. The van der Waals surface area contributed by atoms with E-state index in [1.54, 1.807) is 0 Å². The first-order valence-electron chi connectivity index (χ1n) is 6.61. The molecule has 1 saturated carbocycles. The van der Waals surface area contributed by atoms with Crippen LogP contribution in [-0.4, -0.2) is 32.2 Å². The van der Waals surface area contributed by atoms with Crippen LogP contribution in [0.5, 0.6) is 0 Å². The first-order chi connectivity index (χ1) is 8.72. The lowest BCUT2D eigenvalue weighted by Crippen LogP contribution is -2.46. The summed E-state index contributed by atoms with van der Waals surface area (Å²) >= 11 is 1.83. The summed E-state index contributed by atoms with van der Waals surface area (Å²) in [5.41, 5.74) is 5.82. The van der Waals surface area contributed by atoms with E-state index in [1.165, 1.54) is 19.3 Å². The third-order valence-corrected chi connectivity index (χ3v) is 5.39. The van der Waals surface area contributed by atoms with Crippen molar-refractivity contribution in [3.63, 3.8) is 0 Å². The molecule has 0 bridgehead atoms. The van der Waals surface area contributed by atoms with Crippen molar-refractivity contribution >= 4 is 11.8 Å². The number of nitrogens with zero attached hydrogens (tertiary/aromatic N) is 3. The number of aromatic nitrogens is 3. The van der Waals surface area contributed by atoms with Gasteiger partial charge in [0.05, 0.1) is 12.1 Å². The first-order valence-corrected chi connectivity index (χ1v) is 7.49. The molecule has 6 heteroatoms. The molecule has 0 radical (unpaired) electrons. The zero-order valence-electron chi connectivity index (χ0n) is 10.8. The summed E-state index contributed by atoms with van der Waals surface area (Å²) in [6.07, 6.45) is 6.05. The molecule has 1 aromatic heterocycles. The van der Waals surface area contributed by atoms with Crippen LogP contribution in [0.25, 0.3) is 0 Å². The average molecular weight is 268 g/mol. The molecule has 1 atom stereocenters. The van der Waals surface area contributed by atoms with Gasteiger partial charge in [-0.05, 0) is 32.1 Å². The number of hydrogen-bond acceptors (Lipinski definition) is 5. The summed E-state index contributed by atoms with van der Waals surface area (Å²) in [5.74, 6) is 0.850. The molecule has 2 aliphatic rings. The molecular formula is C12H20N4OS. The molecule has 1 aliphatic carbocycles. The summed E-state index contributed by atoms with van der Waals surface area (Å²) in [6.45, 7) is 1.33. The Morgan fingerprint density at radius 2 is 2.33 bits per heavy atom. The van der Waals surface area contributed by atoms with Gasteiger partial charge in [-0.1, -0.05) is 11.8 Å². The van der Waals surface area contributed by atoms with Crippen LogP contribution in [0.4, 0.5) is 0 Å². The second-order valence-corrected chi connectivity index (χ2v) is 6.55. The topological polar surface area (TPSA) is 66.0 Å². The Morgan fingerprint density at radius 3 is 2.94 bits per heavy atom. The standard InChI is InChI=1S/C12H20N4OS/c1-16-10(8-13)14-15-11(16)18-9-3-6-17-12(7-9)4-2-5-12/h9H,2-8,13H2,1H3. The summed E-state index contributed by atoms with van der Waals surface area (Å²) in [6, 6.07) is 0. The highest BCUT2D eigenvalue weighted by Gasteiger charge is 2.43. The van der Waals surface area contributed by atoms with Crippen LogP contribution in [-0.2, 0) is 18.3 Å². The Kier molecular flexibility index (Phi) is 3.34. The molecule has 1 spiro atoms. The van der Waals surface area contributed by atoms with Crippen LogP contribution < -0.4 is 5.73 Å². The molecule has 5 nitrogen and oxygen atoms in total. The second kappa shape index (κ2) is 4.83. The van der Waals surface area contributed by atoms with E-state index in [9.17, 15) is 0 Å². The normalized spacial score (nSPS) is 26.2. The lowest BCUT2D eigenvalue weighted by Gasteiger charge is -2.46. The molecule has 0 aromatic carbocycles. The van der Waals surface area contributed by atoms with E-state index in [0.29, 0.717) is 11.8 Å². The van der Waals surface area contributed by atoms with Crippen molar-refractivity contribution in [2.24, 2.45) is 12.8 Å². The van der Waals surface area contributed by atoms with Crippen molar-refractivity contribution in [2.45, 2.75) is 54.7 Å². The highest BCUT2D eigenvalue weighted by molar-refractivity contribution is 7.99. The predicted molar refractivity (Wildman–Crippen MR) is 70.3 cm³/mol. The van der Waals surface area contributed by atoms with Gasteiger partial charge in [0.25, 0.3) is 0 Å². The van der Waals surface area contributed by atoms with Crippen molar-refractivity contribution < 1.29 is 4.74 Å². The predicted octanol–water partition coefficient (Wildman–Crippen LogP) is 1.47. The maximum atomic E-state index is 5.95. The largest absolute Gasteiger partial charge is 0.375 e. The average Bonchev–Trinajstić information content (AvgIpc) is 2.69. The van der Waals surface area contributed by atoms with E-state index >= 15 is 0 Å². The van der Waals surface area contributed by atoms with Gasteiger partial charge in [0.1, 0.15) is 5.82 Å². The van der Waals surface area contributed by atoms with Gasteiger partial charge in [-0.2, -0.15) is 0 Å². The highest BCUT2D eigenvalue weighted by atomic mass is 32.2. The van der Waals surface area contributed by atoms with Gasteiger partial charge in [0.2, 0.25) is 0 Å². The molecule has 2 fully saturated rings. The number of ether oxygens (including phenoxy) is 1. The van der Waals surface area contributed by atoms with Crippen molar-refractivity contribution in [1.29, 1.82) is 0 Å². The van der Waals surface area contributed by atoms with E-state index in [4.69, 9.17) is 10.5 Å². The van der Waals surface area contributed by atoms with Gasteiger partial charge in [0, 0.05) is 18.9 Å². The van der Waals surface area contributed by atoms with Gasteiger partial charge < -0.3 is 15.0 Å². The molecule has 3 rings (SSSR count). The van der Waals surface area contributed by atoms with Crippen LogP contribution in [0, 0.1) is 0 Å². The molecular weight excluding hydrogens is 248 g/mol. The van der Waals surface area contributed by atoms with Crippen LogP contribution >= 0.6 is 11.8 Å². The number of hydrogen-bond donors (Lipinski definition) is 1. The van der Waals surface area contributed by atoms with Gasteiger partial charge in [-0.3, -0.25) is 0 Å². The Labute approximate surface area is 111 Å². The molecule has 0 amide bonds. The summed E-state index contributed by atoms with van der Waals surface area (Å²) < 4.78 is 7.96. The van der Waals surface area contributed by atoms with E-state index in [0.717, 1.165) is 30.4 Å². The van der Waals surface area contributed by atoms with Crippen LogP contribution in [0.3, 0.4) is 0 Å². The third kappa shape index (κ3) is 2.17. The van der Waals surface area contributed by atoms with Gasteiger partial charge in [-0.15, -0.1) is 10.2 Å². The van der Waals surface area contributed by atoms with Crippen molar-refractivity contribution in [2.75, 3.05) is 6.61 Å². The molecule has 100 valence electrons. The van der Waals surface area contributed by atoms with Crippen LogP contribution in [0.1, 0.15) is 37.9 Å². The summed E-state index contributed by atoms with van der Waals surface area (Å²) in [4.78, 5) is 0. The fourth-order valence-corrected chi connectivity index (χ4v) is 4.03. The van der Waals surface area contributed by atoms with E-state index in [1.807, 2.05) is 23.4 Å². The summed E-state index contributed by atoms with van der Waals surface area (Å²) in [5, 5.41) is 9.92. The zero-order valence-corrected chi connectivity index (χ0v) is 11.6. The zero-order chi connectivity index (χ0) is 12.6. The highest BCUT2D eigenvalue weighted by Crippen LogP contribution is 2.45. The van der Waals surface area contributed by atoms with Crippen LogP contribution in [0.15, 0.2) is 5.16 Å². The molecule has 18 heavy (non-hydrogen) atoms. The van der Waals surface area contributed by atoms with Crippen molar-refractivity contribution in [1.82, 2.24) is 14.8 Å². The smallest absolute Gasteiger partial charge is 0.191 e. The summed E-state index contributed by atoms with van der Waals surface area (Å²) in [7, 11) is 1.99. The van der Waals surface area contributed by atoms with E-state index in [-0.39, 0.29) is 5.60 Å². The molecule has 2 heterocycles. The van der Waals surface area contributed by atoms with Gasteiger partial charge in [-0.25, -0.2) is 0 Å². The number of thioether (sulfide) groups is 1. The van der Waals surface area contributed by atoms with E-state index < -0.39 is 0 Å². The van der Waals surface area contributed by atoms with Gasteiger partial charge >= 0.3 is 0 Å². The molecule has 1 saturated heterocycles. The second-order valence-electron chi connectivity index (χ2n) is 5.28. The lowest BCUT2D eigenvalue weighted by atomic mass is 9.75. The third-order valence-electron chi connectivity index (χ3n) is 4.09. The molecule has 1 aromatic rings. The number of nitrogens with two attached hydrogens (primary N) is 1. The fourth-order valence-electron chi connectivity index (χ4n) is 2.78. The first kappa shape index (κ1) is 12.4. The minimum Gasteiger partial charge on any atom is -0.375 e. The quantitative estimate of drug-likeness (QED) is 0.899. The lowest BCUT2D eigenvalue weighted by molar-refractivity contribution is -0.125. The monoisotopic (exact) mass is 268 g/mol. The molecule has 2 N–H and O–H groups in total. The minimum absolute atomic E-state index is 0.200. The van der Waals surface area contributed by atoms with Crippen LogP contribution in [0.2, 0.25) is 0 Å². The SMILES string of the molecule is Cn1c(CN)nnc1SC1CCOC2(CCC2)C1. The van der Waals surface area contributed by atoms with Gasteiger partial charge in [0.15, 0.2) is 5.16 Å². The van der Waals surface area contributed by atoms with Crippen molar-refractivity contribution in [3.8, 4) is 0 Å². The minimum atomic E-state index is 0.200. The van der Waals surface area contributed by atoms with Crippen molar-refractivity contribution in [3.05, 3.63) is 5.82 Å². The maximum Gasteiger partial charge on any atom is 0.191 e. The molecule has 1 aliphatic heterocycles. The molecule has 1 unspecified atom stereocenters. The van der Waals surface area contributed by atoms with E-state index in [2.05, 4.69) is 10.2 Å². The number of rotatable bonds is 3. The Bertz CT molecular complexity index is 430. The Hall–Kier alpha value is -0.590. The Morgan fingerprint density at radius 1 is 1.50 bits per heavy atom. The fraction of sp³-hybridized carbons (Fsp3) is 0.833.